The van der Waals surface area contributed by atoms with Gasteiger partial charge in [-0.15, -0.1) is 0 Å². The van der Waals surface area contributed by atoms with Gasteiger partial charge in [0.2, 0.25) is 5.82 Å². The first-order valence-electron chi connectivity index (χ1n) is 8.83. The van der Waals surface area contributed by atoms with Gasteiger partial charge in [0.1, 0.15) is 0 Å². The molecular formula is C19H24N6O2. The molecule has 0 atom stereocenters. The summed E-state index contributed by atoms with van der Waals surface area (Å²) in [7, 11) is 3.94. The summed E-state index contributed by atoms with van der Waals surface area (Å²) in [6, 6.07) is 7.71. The highest BCUT2D eigenvalue weighted by atomic mass is 16.5. The molecule has 27 heavy (non-hydrogen) atoms. The molecule has 0 saturated heterocycles. The molecule has 2 aromatic heterocycles. The van der Waals surface area contributed by atoms with E-state index in [1.807, 2.05) is 68.7 Å². The molecule has 0 aliphatic rings. The Morgan fingerprint density at radius 3 is 2.52 bits per heavy atom. The Morgan fingerprint density at radius 2 is 1.93 bits per heavy atom. The lowest BCUT2D eigenvalue weighted by Gasteiger charge is -2.11. The zero-order valence-corrected chi connectivity index (χ0v) is 16.3. The molecule has 0 fully saturated rings. The number of aryl methyl sites for hydroxylation is 2. The van der Waals surface area contributed by atoms with Gasteiger partial charge in [-0.25, -0.2) is 0 Å². The second-order valence-electron chi connectivity index (χ2n) is 6.51. The second-order valence-corrected chi connectivity index (χ2v) is 6.51. The summed E-state index contributed by atoms with van der Waals surface area (Å²) in [4.78, 5) is 18.6. The second kappa shape index (κ2) is 7.61. The van der Waals surface area contributed by atoms with Crippen LogP contribution in [0.1, 0.15) is 34.6 Å². The van der Waals surface area contributed by atoms with Gasteiger partial charge >= 0.3 is 11.8 Å². The summed E-state index contributed by atoms with van der Waals surface area (Å²) < 4.78 is 7.05. The molecule has 1 N–H and O–H groups in total. The highest BCUT2D eigenvalue weighted by molar-refractivity contribution is 5.89. The van der Waals surface area contributed by atoms with E-state index in [2.05, 4.69) is 20.6 Å². The van der Waals surface area contributed by atoms with Crippen LogP contribution in [0.4, 0.5) is 5.69 Å². The van der Waals surface area contributed by atoms with Crippen LogP contribution in [-0.2, 0) is 13.1 Å². The number of anilines is 1. The number of carbonyl (C=O) groups is 1. The minimum absolute atomic E-state index is 0.0557. The molecule has 0 spiro atoms. The van der Waals surface area contributed by atoms with Gasteiger partial charge in [-0.2, -0.15) is 10.1 Å². The molecule has 0 radical (unpaired) electrons. The van der Waals surface area contributed by atoms with Crippen molar-refractivity contribution in [3.63, 3.8) is 0 Å². The minimum Gasteiger partial charge on any atom is -0.378 e. The summed E-state index contributed by atoms with van der Waals surface area (Å²) in [6.45, 7) is 7.12. The van der Waals surface area contributed by atoms with Crippen molar-refractivity contribution in [3.05, 3.63) is 47.1 Å². The van der Waals surface area contributed by atoms with Crippen molar-refractivity contribution in [2.24, 2.45) is 0 Å². The summed E-state index contributed by atoms with van der Waals surface area (Å²) in [5.74, 6) is -0.0711. The number of benzene rings is 1. The first kappa shape index (κ1) is 18.6. The molecule has 142 valence electrons. The van der Waals surface area contributed by atoms with Gasteiger partial charge in [0.05, 0.1) is 5.69 Å². The molecule has 0 saturated carbocycles. The van der Waals surface area contributed by atoms with Gasteiger partial charge in [-0.1, -0.05) is 5.16 Å². The number of amides is 1. The maximum absolute atomic E-state index is 12.4. The predicted octanol–water partition coefficient (Wildman–Crippen LogP) is 2.57. The fourth-order valence-corrected chi connectivity index (χ4v) is 2.88. The normalized spacial score (nSPS) is 10.9. The smallest absolute Gasteiger partial charge is 0.316 e. The first-order chi connectivity index (χ1) is 12.9. The van der Waals surface area contributed by atoms with Gasteiger partial charge in [0.25, 0.3) is 0 Å². The topological polar surface area (TPSA) is 89.1 Å². The van der Waals surface area contributed by atoms with E-state index >= 15 is 0 Å². The average Bonchev–Trinajstić information content (AvgIpc) is 3.25. The van der Waals surface area contributed by atoms with Crippen LogP contribution in [0.3, 0.4) is 0 Å². The lowest BCUT2D eigenvalue weighted by molar-refractivity contribution is 0.0907. The quantitative estimate of drug-likeness (QED) is 0.719. The molecule has 2 heterocycles. The van der Waals surface area contributed by atoms with Crippen LogP contribution in [0.5, 0.6) is 0 Å². The van der Waals surface area contributed by atoms with E-state index in [4.69, 9.17) is 4.52 Å². The molecule has 3 rings (SSSR count). The van der Waals surface area contributed by atoms with E-state index in [-0.39, 0.29) is 5.89 Å². The van der Waals surface area contributed by atoms with Crippen molar-refractivity contribution in [2.45, 2.75) is 33.9 Å². The van der Waals surface area contributed by atoms with Crippen molar-refractivity contribution in [1.29, 1.82) is 0 Å². The van der Waals surface area contributed by atoms with Crippen molar-refractivity contribution in [1.82, 2.24) is 25.2 Å². The number of hydrogen-bond donors (Lipinski definition) is 1. The Hall–Kier alpha value is -3.16. The molecule has 0 unspecified atom stereocenters. The number of carbonyl (C=O) groups excluding carboxylic acids is 1. The molecule has 8 nitrogen and oxygen atoms in total. The highest BCUT2D eigenvalue weighted by Gasteiger charge is 2.18. The fraction of sp³-hybridized carbons (Fsp3) is 0.368. The van der Waals surface area contributed by atoms with E-state index in [0.29, 0.717) is 12.4 Å². The monoisotopic (exact) mass is 368 g/mol. The van der Waals surface area contributed by atoms with Crippen LogP contribution < -0.4 is 10.2 Å². The van der Waals surface area contributed by atoms with Crippen LogP contribution in [0, 0.1) is 13.8 Å². The number of nitrogens with zero attached hydrogens (tertiary/aromatic N) is 5. The average molecular weight is 368 g/mol. The molecular weight excluding hydrogens is 344 g/mol. The first-order valence-corrected chi connectivity index (χ1v) is 8.83. The van der Waals surface area contributed by atoms with E-state index in [1.54, 1.807) is 0 Å². The van der Waals surface area contributed by atoms with Crippen LogP contribution in [0.15, 0.2) is 28.8 Å². The van der Waals surface area contributed by atoms with Crippen molar-refractivity contribution in [3.8, 4) is 11.4 Å². The van der Waals surface area contributed by atoms with Crippen LogP contribution in [-0.4, -0.2) is 39.9 Å². The SMILES string of the molecule is CCn1nc(C)c(CNC(=O)c2nc(-c3ccc(N(C)C)cc3)no2)c1C. The Morgan fingerprint density at radius 1 is 1.22 bits per heavy atom. The lowest BCUT2D eigenvalue weighted by atomic mass is 10.2. The lowest BCUT2D eigenvalue weighted by Crippen LogP contribution is -2.23. The fourth-order valence-electron chi connectivity index (χ4n) is 2.88. The van der Waals surface area contributed by atoms with Gasteiger partial charge < -0.3 is 14.7 Å². The van der Waals surface area contributed by atoms with Crippen LogP contribution in [0.2, 0.25) is 0 Å². The van der Waals surface area contributed by atoms with Crippen molar-refractivity contribution < 1.29 is 9.32 Å². The van der Waals surface area contributed by atoms with E-state index in [0.717, 1.165) is 34.7 Å². The number of hydrogen-bond acceptors (Lipinski definition) is 6. The third kappa shape index (κ3) is 3.84. The molecule has 0 aliphatic carbocycles. The van der Waals surface area contributed by atoms with Gasteiger partial charge in [-0.05, 0) is 45.0 Å². The molecule has 0 aliphatic heterocycles. The zero-order valence-electron chi connectivity index (χ0n) is 16.3. The molecule has 3 aromatic rings. The van der Waals surface area contributed by atoms with Crippen molar-refractivity contribution >= 4 is 11.6 Å². The number of rotatable bonds is 6. The van der Waals surface area contributed by atoms with Gasteiger partial charge in [-0.3, -0.25) is 9.48 Å². The molecule has 1 aromatic carbocycles. The molecule has 1 amide bonds. The van der Waals surface area contributed by atoms with Gasteiger partial charge in [0, 0.05) is 49.7 Å². The summed E-state index contributed by atoms with van der Waals surface area (Å²) in [6.07, 6.45) is 0. The van der Waals surface area contributed by atoms with Gasteiger partial charge in [0.15, 0.2) is 0 Å². The maximum atomic E-state index is 12.4. The number of aromatic nitrogens is 4. The largest absolute Gasteiger partial charge is 0.378 e. The maximum Gasteiger partial charge on any atom is 0.316 e. The summed E-state index contributed by atoms with van der Waals surface area (Å²) in [5, 5.41) is 11.2. The predicted molar refractivity (Wildman–Crippen MR) is 103 cm³/mol. The standard InChI is InChI=1S/C19H24N6O2/c1-6-25-13(3)16(12(2)22-25)11-20-18(26)19-21-17(23-27-19)14-7-9-15(10-8-14)24(4)5/h7-10H,6,11H2,1-5H3,(H,20,26). The van der Waals surface area contributed by atoms with E-state index in [9.17, 15) is 4.79 Å². The number of nitrogens with one attached hydrogen (secondary N) is 1. The Bertz CT molecular complexity index is 940. The van der Waals surface area contributed by atoms with E-state index < -0.39 is 5.91 Å². The Balaban J connectivity index is 1.69. The third-order valence-corrected chi connectivity index (χ3v) is 4.52. The third-order valence-electron chi connectivity index (χ3n) is 4.52. The summed E-state index contributed by atoms with van der Waals surface area (Å²) in [5.41, 5.74) is 4.81. The van der Waals surface area contributed by atoms with Crippen LogP contribution >= 0.6 is 0 Å². The summed E-state index contributed by atoms with van der Waals surface area (Å²) >= 11 is 0. The highest BCUT2D eigenvalue weighted by Crippen LogP contribution is 2.20. The van der Waals surface area contributed by atoms with Crippen molar-refractivity contribution in [2.75, 3.05) is 19.0 Å². The Labute approximate surface area is 158 Å². The zero-order chi connectivity index (χ0) is 19.6. The van der Waals surface area contributed by atoms with E-state index in [1.165, 1.54) is 0 Å². The Kier molecular flexibility index (Phi) is 5.25. The molecule has 8 heteroatoms. The minimum atomic E-state index is -0.401. The van der Waals surface area contributed by atoms with Crippen LogP contribution in [0.25, 0.3) is 11.4 Å². The molecule has 0 bridgehead atoms.